The van der Waals surface area contributed by atoms with Gasteiger partial charge in [-0.05, 0) is 35.9 Å². The van der Waals surface area contributed by atoms with E-state index in [0.29, 0.717) is 17.8 Å². The molecule has 0 heterocycles. The van der Waals surface area contributed by atoms with Crippen LogP contribution >= 0.6 is 11.6 Å². The van der Waals surface area contributed by atoms with Crippen LogP contribution in [-0.2, 0) is 12.7 Å². The van der Waals surface area contributed by atoms with Crippen LogP contribution < -0.4 is 5.32 Å². The third kappa shape index (κ3) is 3.63. The summed E-state index contributed by atoms with van der Waals surface area (Å²) in [4.78, 5) is 0. The molecule has 2 aromatic rings. The Hall–Kier alpha value is -1.75. The number of benzene rings is 2. The first-order chi connectivity index (χ1) is 9.36. The van der Waals surface area contributed by atoms with Crippen LogP contribution in [0.4, 0.5) is 23.2 Å². The Kier molecular flexibility index (Phi) is 4.18. The molecule has 0 aliphatic carbocycles. The van der Waals surface area contributed by atoms with E-state index in [2.05, 4.69) is 5.32 Å². The summed E-state index contributed by atoms with van der Waals surface area (Å²) in [5.74, 6) is -0.552. The van der Waals surface area contributed by atoms with Gasteiger partial charge in [0, 0.05) is 12.2 Å². The standard InChI is InChI=1S/C14H10ClF4N/c15-12-6-5-11(7-13(12)16)20-8-9-1-3-10(4-2-9)14(17,18)19/h1-7,20H,8H2. The van der Waals surface area contributed by atoms with Crippen molar-refractivity contribution in [2.24, 2.45) is 0 Å². The van der Waals surface area contributed by atoms with Crippen molar-refractivity contribution >= 4 is 17.3 Å². The average molecular weight is 304 g/mol. The van der Waals surface area contributed by atoms with Crippen molar-refractivity contribution in [2.45, 2.75) is 12.7 Å². The van der Waals surface area contributed by atoms with Gasteiger partial charge in [-0.1, -0.05) is 23.7 Å². The molecule has 1 N–H and O–H groups in total. The fourth-order valence-electron chi connectivity index (χ4n) is 1.62. The van der Waals surface area contributed by atoms with Gasteiger partial charge >= 0.3 is 6.18 Å². The highest BCUT2D eigenvalue weighted by atomic mass is 35.5. The highest BCUT2D eigenvalue weighted by Crippen LogP contribution is 2.29. The molecule has 20 heavy (non-hydrogen) atoms. The van der Waals surface area contributed by atoms with Crippen molar-refractivity contribution in [3.05, 3.63) is 64.4 Å². The smallest absolute Gasteiger partial charge is 0.381 e. The van der Waals surface area contributed by atoms with E-state index in [1.807, 2.05) is 0 Å². The summed E-state index contributed by atoms with van der Waals surface area (Å²) in [5, 5.41) is 2.93. The Morgan fingerprint density at radius 1 is 1.00 bits per heavy atom. The SMILES string of the molecule is Fc1cc(NCc2ccc(C(F)(F)F)cc2)ccc1Cl. The second kappa shape index (κ2) is 5.71. The number of rotatable bonds is 3. The van der Waals surface area contributed by atoms with Gasteiger partial charge < -0.3 is 5.32 Å². The summed E-state index contributed by atoms with van der Waals surface area (Å²) in [5.41, 5.74) is 0.471. The maximum absolute atomic E-state index is 13.2. The third-order valence-corrected chi connectivity index (χ3v) is 3.00. The number of hydrogen-bond acceptors (Lipinski definition) is 1. The lowest BCUT2D eigenvalue weighted by atomic mass is 10.1. The molecule has 0 amide bonds. The van der Waals surface area contributed by atoms with Crippen LogP contribution in [-0.4, -0.2) is 0 Å². The van der Waals surface area contributed by atoms with E-state index in [1.165, 1.54) is 24.3 Å². The van der Waals surface area contributed by atoms with Gasteiger partial charge in [0.25, 0.3) is 0 Å². The van der Waals surface area contributed by atoms with Gasteiger partial charge in [-0.3, -0.25) is 0 Å². The predicted octanol–water partition coefficient (Wildman–Crippen LogP) is 5.11. The molecular weight excluding hydrogens is 294 g/mol. The van der Waals surface area contributed by atoms with Gasteiger partial charge in [0.15, 0.2) is 0 Å². The summed E-state index contributed by atoms with van der Waals surface area (Å²) in [7, 11) is 0. The first-order valence-electron chi connectivity index (χ1n) is 5.71. The fourth-order valence-corrected chi connectivity index (χ4v) is 1.74. The van der Waals surface area contributed by atoms with E-state index in [0.717, 1.165) is 12.1 Å². The van der Waals surface area contributed by atoms with Crippen LogP contribution in [0.1, 0.15) is 11.1 Å². The van der Waals surface area contributed by atoms with Crippen LogP contribution in [0.5, 0.6) is 0 Å². The molecule has 6 heteroatoms. The first kappa shape index (κ1) is 14.7. The lowest BCUT2D eigenvalue weighted by Gasteiger charge is -2.09. The molecule has 0 aliphatic rings. The summed E-state index contributed by atoms with van der Waals surface area (Å²) >= 11 is 5.55. The highest BCUT2D eigenvalue weighted by molar-refractivity contribution is 6.30. The van der Waals surface area contributed by atoms with Crippen molar-refractivity contribution in [1.82, 2.24) is 0 Å². The zero-order valence-corrected chi connectivity index (χ0v) is 10.9. The van der Waals surface area contributed by atoms with Crippen molar-refractivity contribution in [3.63, 3.8) is 0 Å². The number of anilines is 1. The van der Waals surface area contributed by atoms with Gasteiger partial charge in [-0.2, -0.15) is 13.2 Å². The quantitative estimate of drug-likeness (QED) is 0.777. The maximum atomic E-state index is 13.2. The molecule has 0 aliphatic heterocycles. The highest BCUT2D eigenvalue weighted by Gasteiger charge is 2.29. The molecule has 0 saturated heterocycles. The van der Waals surface area contributed by atoms with Gasteiger partial charge in [-0.25, -0.2) is 4.39 Å². The van der Waals surface area contributed by atoms with Crippen molar-refractivity contribution in [1.29, 1.82) is 0 Å². The Balaban J connectivity index is 2.02. The van der Waals surface area contributed by atoms with Crippen LogP contribution in [0, 0.1) is 5.82 Å². The fraction of sp³-hybridized carbons (Fsp3) is 0.143. The van der Waals surface area contributed by atoms with Crippen LogP contribution in [0.25, 0.3) is 0 Å². The largest absolute Gasteiger partial charge is 0.416 e. The molecule has 106 valence electrons. The Labute approximate surface area is 118 Å². The second-order valence-electron chi connectivity index (χ2n) is 4.18. The minimum atomic E-state index is -4.34. The first-order valence-corrected chi connectivity index (χ1v) is 6.09. The van der Waals surface area contributed by atoms with Crippen LogP contribution in [0.15, 0.2) is 42.5 Å². The lowest BCUT2D eigenvalue weighted by Crippen LogP contribution is -2.05. The Morgan fingerprint density at radius 3 is 2.20 bits per heavy atom. The van der Waals surface area contributed by atoms with E-state index in [-0.39, 0.29) is 5.02 Å². The van der Waals surface area contributed by atoms with Crippen molar-refractivity contribution < 1.29 is 17.6 Å². The molecule has 2 aromatic carbocycles. The monoisotopic (exact) mass is 303 g/mol. The molecule has 0 fully saturated rings. The van der Waals surface area contributed by atoms with Crippen molar-refractivity contribution in [2.75, 3.05) is 5.32 Å². The minimum absolute atomic E-state index is 0.0186. The zero-order chi connectivity index (χ0) is 14.8. The molecule has 0 bridgehead atoms. The maximum Gasteiger partial charge on any atom is 0.416 e. The van der Waals surface area contributed by atoms with E-state index in [4.69, 9.17) is 11.6 Å². The van der Waals surface area contributed by atoms with E-state index in [9.17, 15) is 17.6 Å². The second-order valence-corrected chi connectivity index (χ2v) is 4.58. The Bertz CT molecular complexity index is 593. The molecule has 0 unspecified atom stereocenters. The van der Waals surface area contributed by atoms with Gasteiger partial charge in [0.05, 0.1) is 10.6 Å². The normalized spacial score (nSPS) is 11.4. The molecule has 0 spiro atoms. The van der Waals surface area contributed by atoms with E-state index < -0.39 is 17.6 Å². The van der Waals surface area contributed by atoms with Gasteiger partial charge in [0.2, 0.25) is 0 Å². The van der Waals surface area contributed by atoms with E-state index in [1.54, 1.807) is 6.07 Å². The van der Waals surface area contributed by atoms with Gasteiger partial charge in [0.1, 0.15) is 5.82 Å². The number of alkyl halides is 3. The summed E-state index contributed by atoms with van der Waals surface area (Å²) in [6, 6.07) is 9.01. The summed E-state index contributed by atoms with van der Waals surface area (Å²) in [6.45, 7) is 0.291. The molecular formula is C14H10ClF4N. The van der Waals surface area contributed by atoms with E-state index >= 15 is 0 Å². The average Bonchev–Trinajstić information content (AvgIpc) is 2.40. The van der Waals surface area contributed by atoms with Crippen LogP contribution in [0.3, 0.4) is 0 Å². The lowest BCUT2D eigenvalue weighted by molar-refractivity contribution is -0.137. The molecule has 2 rings (SSSR count). The topological polar surface area (TPSA) is 12.0 Å². The molecule has 0 aromatic heterocycles. The number of nitrogens with one attached hydrogen (secondary N) is 1. The van der Waals surface area contributed by atoms with Crippen molar-refractivity contribution in [3.8, 4) is 0 Å². The molecule has 0 saturated carbocycles. The van der Waals surface area contributed by atoms with Crippen LogP contribution in [0.2, 0.25) is 5.02 Å². The zero-order valence-electron chi connectivity index (χ0n) is 10.1. The summed E-state index contributed by atoms with van der Waals surface area (Å²) in [6.07, 6.45) is -4.34. The number of hydrogen-bond donors (Lipinski definition) is 1. The third-order valence-electron chi connectivity index (χ3n) is 2.70. The molecule has 0 radical (unpaired) electrons. The van der Waals surface area contributed by atoms with Gasteiger partial charge in [-0.15, -0.1) is 0 Å². The summed E-state index contributed by atoms with van der Waals surface area (Å²) < 4.78 is 50.3. The Morgan fingerprint density at radius 2 is 1.65 bits per heavy atom. The predicted molar refractivity (Wildman–Crippen MR) is 70.2 cm³/mol. The number of halogens is 5. The minimum Gasteiger partial charge on any atom is -0.381 e. The molecule has 0 atom stereocenters. The molecule has 1 nitrogen and oxygen atoms in total.